The van der Waals surface area contributed by atoms with Crippen molar-refractivity contribution in [2.75, 3.05) is 11.9 Å². The van der Waals surface area contributed by atoms with Gasteiger partial charge in [-0.3, -0.25) is 9.59 Å². The zero-order valence-corrected chi connectivity index (χ0v) is 17.3. The molecule has 0 unspecified atom stereocenters. The first-order valence-corrected chi connectivity index (χ1v) is 10.2. The zero-order chi connectivity index (χ0) is 20.6. The first-order chi connectivity index (χ1) is 14.0. The number of nitrogens with one attached hydrogen (secondary N) is 1. The second kappa shape index (κ2) is 9.94. The third-order valence-corrected chi connectivity index (χ3v) is 5.43. The maximum Gasteiger partial charge on any atom is 0.310 e. The second-order valence-electron chi connectivity index (χ2n) is 6.77. The van der Waals surface area contributed by atoms with Crippen molar-refractivity contribution in [2.45, 2.75) is 30.1 Å². The summed E-state index contributed by atoms with van der Waals surface area (Å²) in [6, 6.07) is 23.3. The van der Waals surface area contributed by atoms with E-state index in [1.807, 2.05) is 54.6 Å². The molecular formula is C24H23NO3S. The van der Waals surface area contributed by atoms with Gasteiger partial charge in [0.2, 0.25) is 0 Å². The van der Waals surface area contributed by atoms with E-state index < -0.39 is 5.97 Å². The highest BCUT2D eigenvalue weighted by Gasteiger charge is 2.09. The molecule has 1 N–H and O–H groups in total. The maximum absolute atomic E-state index is 12.0. The molecule has 0 spiro atoms. The molecule has 5 heteroatoms. The van der Waals surface area contributed by atoms with Crippen LogP contribution < -0.4 is 5.32 Å². The van der Waals surface area contributed by atoms with Crippen LogP contribution in [0.2, 0.25) is 0 Å². The van der Waals surface area contributed by atoms with Gasteiger partial charge in [0.1, 0.15) is 0 Å². The summed E-state index contributed by atoms with van der Waals surface area (Å²) in [7, 11) is 0. The average molecular weight is 406 g/mol. The third kappa shape index (κ3) is 6.50. The van der Waals surface area contributed by atoms with Crippen molar-refractivity contribution in [3.63, 3.8) is 0 Å². The van der Waals surface area contributed by atoms with Crippen LogP contribution in [-0.4, -0.2) is 18.5 Å². The minimum absolute atomic E-state index is 0.151. The van der Waals surface area contributed by atoms with E-state index in [2.05, 4.69) is 37.4 Å². The highest BCUT2D eigenvalue weighted by molar-refractivity contribution is 7.99. The molecule has 0 atom stereocenters. The Morgan fingerprint density at radius 2 is 1.66 bits per heavy atom. The number of amides is 1. The number of hydrogen-bond donors (Lipinski definition) is 1. The maximum atomic E-state index is 12.0. The molecule has 0 saturated heterocycles. The zero-order valence-electron chi connectivity index (χ0n) is 16.5. The normalized spacial score (nSPS) is 10.4. The van der Waals surface area contributed by atoms with Gasteiger partial charge in [0.25, 0.3) is 5.91 Å². The summed E-state index contributed by atoms with van der Waals surface area (Å²) in [5.41, 5.74) is 3.98. The van der Waals surface area contributed by atoms with Crippen molar-refractivity contribution in [3.8, 4) is 0 Å². The molecule has 0 aliphatic carbocycles. The molecule has 3 aromatic rings. The Bertz CT molecular complexity index is 985. The predicted molar refractivity (Wildman–Crippen MR) is 116 cm³/mol. The summed E-state index contributed by atoms with van der Waals surface area (Å²) in [5, 5.41) is 2.75. The van der Waals surface area contributed by atoms with Crippen LogP contribution in [0.15, 0.2) is 82.6 Å². The molecular weight excluding hydrogens is 382 g/mol. The van der Waals surface area contributed by atoms with E-state index in [-0.39, 0.29) is 18.9 Å². The van der Waals surface area contributed by atoms with Gasteiger partial charge in [-0.1, -0.05) is 54.2 Å². The van der Waals surface area contributed by atoms with Crippen LogP contribution in [0.4, 0.5) is 5.69 Å². The van der Waals surface area contributed by atoms with Crippen molar-refractivity contribution in [3.05, 3.63) is 89.5 Å². The van der Waals surface area contributed by atoms with Crippen molar-refractivity contribution in [2.24, 2.45) is 0 Å². The minimum Gasteiger partial charge on any atom is -0.455 e. The third-order valence-electron chi connectivity index (χ3n) is 4.27. The number of anilines is 1. The lowest BCUT2D eigenvalue weighted by Crippen LogP contribution is -2.21. The number of rotatable bonds is 7. The van der Waals surface area contributed by atoms with Gasteiger partial charge < -0.3 is 10.1 Å². The Morgan fingerprint density at radius 3 is 2.38 bits per heavy atom. The quantitative estimate of drug-likeness (QED) is 0.551. The molecule has 0 aliphatic rings. The summed E-state index contributed by atoms with van der Waals surface area (Å²) in [6.07, 6.45) is 0.151. The molecule has 1 amide bonds. The van der Waals surface area contributed by atoms with Crippen molar-refractivity contribution in [1.82, 2.24) is 0 Å². The van der Waals surface area contributed by atoms with E-state index in [0.717, 1.165) is 10.5 Å². The fraction of sp³-hybridized carbons (Fsp3) is 0.167. The molecule has 0 bridgehead atoms. The van der Waals surface area contributed by atoms with E-state index >= 15 is 0 Å². The van der Waals surface area contributed by atoms with Crippen LogP contribution in [0, 0.1) is 13.8 Å². The molecule has 148 valence electrons. The highest BCUT2D eigenvalue weighted by atomic mass is 32.2. The van der Waals surface area contributed by atoms with Crippen molar-refractivity contribution < 1.29 is 14.3 Å². The lowest BCUT2D eigenvalue weighted by atomic mass is 10.2. The van der Waals surface area contributed by atoms with Gasteiger partial charge in [0.05, 0.1) is 6.42 Å². The molecule has 4 nitrogen and oxygen atoms in total. The van der Waals surface area contributed by atoms with E-state index in [1.165, 1.54) is 16.0 Å². The van der Waals surface area contributed by atoms with E-state index in [4.69, 9.17) is 4.74 Å². The van der Waals surface area contributed by atoms with E-state index in [0.29, 0.717) is 5.69 Å². The Morgan fingerprint density at radius 1 is 0.931 bits per heavy atom. The van der Waals surface area contributed by atoms with Crippen LogP contribution in [0.3, 0.4) is 0 Å². The Labute approximate surface area is 175 Å². The lowest BCUT2D eigenvalue weighted by Gasteiger charge is -2.09. The molecule has 3 aromatic carbocycles. The largest absolute Gasteiger partial charge is 0.455 e. The first kappa shape index (κ1) is 20.7. The molecule has 3 rings (SSSR count). The number of hydrogen-bond acceptors (Lipinski definition) is 4. The van der Waals surface area contributed by atoms with Gasteiger partial charge in [0, 0.05) is 15.5 Å². The van der Waals surface area contributed by atoms with Gasteiger partial charge in [-0.25, -0.2) is 0 Å². The van der Waals surface area contributed by atoms with Gasteiger partial charge in [-0.15, -0.1) is 0 Å². The number of ether oxygens (including phenoxy) is 1. The summed E-state index contributed by atoms with van der Waals surface area (Å²) >= 11 is 1.69. The Kier molecular flexibility index (Phi) is 7.09. The number of benzene rings is 3. The van der Waals surface area contributed by atoms with Gasteiger partial charge in [-0.2, -0.15) is 0 Å². The number of aryl methyl sites for hydroxylation is 2. The molecule has 29 heavy (non-hydrogen) atoms. The Hall–Kier alpha value is -3.05. The summed E-state index contributed by atoms with van der Waals surface area (Å²) in [5.74, 6) is -0.784. The van der Waals surface area contributed by atoms with E-state index in [1.54, 1.807) is 11.8 Å². The molecule has 0 fully saturated rings. The summed E-state index contributed by atoms with van der Waals surface area (Å²) in [6.45, 7) is 3.87. The topological polar surface area (TPSA) is 55.4 Å². The van der Waals surface area contributed by atoms with Crippen molar-refractivity contribution in [1.29, 1.82) is 0 Å². The van der Waals surface area contributed by atoms with Crippen LogP contribution in [0.1, 0.15) is 16.7 Å². The Balaban J connectivity index is 1.48. The van der Waals surface area contributed by atoms with E-state index in [9.17, 15) is 9.59 Å². The van der Waals surface area contributed by atoms with Gasteiger partial charge in [-0.05, 0) is 60.9 Å². The number of carbonyl (C=O) groups excluding carboxylic acids is 2. The molecule has 0 aromatic heterocycles. The first-order valence-electron chi connectivity index (χ1n) is 9.34. The van der Waals surface area contributed by atoms with Gasteiger partial charge in [0.15, 0.2) is 6.61 Å². The molecule has 0 aliphatic heterocycles. The van der Waals surface area contributed by atoms with Gasteiger partial charge >= 0.3 is 5.97 Å². The lowest BCUT2D eigenvalue weighted by molar-refractivity contribution is -0.146. The standard InChI is InChI=1S/C24H23NO3S/c1-17-8-9-18(2)22(14-17)29-21-12-10-20(11-13-21)25-23(26)16-28-24(27)15-19-6-4-3-5-7-19/h3-14H,15-16H2,1-2H3,(H,25,26). The van der Waals surface area contributed by atoms with Crippen LogP contribution in [0.25, 0.3) is 0 Å². The fourth-order valence-corrected chi connectivity index (χ4v) is 3.71. The van der Waals surface area contributed by atoms with Crippen LogP contribution in [-0.2, 0) is 20.7 Å². The minimum atomic E-state index is -0.424. The average Bonchev–Trinajstić information content (AvgIpc) is 2.71. The van der Waals surface area contributed by atoms with Crippen molar-refractivity contribution >= 4 is 29.3 Å². The predicted octanol–water partition coefficient (Wildman–Crippen LogP) is 5.18. The summed E-state index contributed by atoms with van der Waals surface area (Å²) in [4.78, 5) is 26.2. The molecule has 0 radical (unpaired) electrons. The van der Waals surface area contributed by atoms with Crippen LogP contribution >= 0.6 is 11.8 Å². The molecule has 0 saturated carbocycles. The molecule has 0 heterocycles. The van der Waals surface area contributed by atoms with Crippen LogP contribution in [0.5, 0.6) is 0 Å². The monoisotopic (exact) mass is 405 g/mol. The fourth-order valence-electron chi connectivity index (χ4n) is 2.71. The number of esters is 1. The SMILES string of the molecule is Cc1ccc(C)c(Sc2ccc(NC(=O)COC(=O)Cc3ccccc3)cc2)c1. The highest BCUT2D eigenvalue weighted by Crippen LogP contribution is 2.31. The number of carbonyl (C=O) groups is 2. The smallest absolute Gasteiger partial charge is 0.310 e. The summed E-state index contributed by atoms with van der Waals surface area (Å²) < 4.78 is 5.05. The second-order valence-corrected chi connectivity index (χ2v) is 7.88.